The topological polar surface area (TPSA) is 0 Å². The van der Waals surface area contributed by atoms with Crippen molar-refractivity contribution >= 4 is 23.2 Å². The molecule has 0 aromatic rings. The van der Waals surface area contributed by atoms with Crippen LogP contribution in [0.25, 0.3) is 0 Å². The summed E-state index contributed by atoms with van der Waals surface area (Å²) >= 11 is 11.2. The molecule has 0 saturated carbocycles. The van der Waals surface area contributed by atoms with Gasteiger partial charge in [-0.25, -0.2) is 0 Å². The van der Waals surface area contributed by atoms with Crippen molar-refractivity contribution in [2.75, 3.05) is 11.8 Å². The van der Waals surface area contributed by atoms with Crippen molar-refractivity contribution in [3.05, 3.63) is 0 Å². The molecule has 0 saturated heterocycles. The van der Waals surface area contributed by atoms with Crippen molar-refractivity contribution < 1.29 is 0 Å². The second kappa shape index (κ2) is 32.3. The first-order valence-corrected chi connectivity index (χ1v) is 14.0. The second-order valence-electron chi connectivity index (χ2n) is 8.45. The van der Waals surface area contributed by atoms with Crippen LogP contribution in [0.3, 0.4) is 0 Å². The number of hydrogen-bond acceptors (Lipinski definition) is 0. The van der Waals surface area contributed by atoms with Gasteiger partial charge < -0.3 is 0 Å². The smallest absolute Gasteiger partial charge is 0.0223 e. The number of alkyl halides is 2. The number of rotatable bonds is 22. The van der Waals surface area contributed by atoms with Gasteiger partial charge in [-0.1, -0.05) is 142 Å². The lowest BCUT2D eigenvalue weighted by molar-refractivity contribution is 0.548. The molecular formula is C26H54Cl2. The fourth-order valence-corrected chi connectivity index (χ4v) is 3.90. The molecule has 172 valence electrons. The third kappa shape index (κ3) is 34.1. The monoisotopic (exact) mass is 436 g/mol. The largest absolute Gasteiger partial charge is 0.127 e. The molecule has 0 aliphatic carbocycles. The Morgan fingerprint density at radius 2 is 0.464 bits per heavy atom. The lowest BCUT2D eigenvalue weighted by Gasteiger charge is -2.01. The van der Waals surface area contributed by atoms with Crippen molar-refractivity contribution in [2.45, 2.75) is 155 Å². The highest BCUT2D eigenvalue weighted by Crippen LogP contribution is 2.12. The van der Waals surface area contributed by atoms with Crippen LogP contribution in [-0.4, -0.2) is 11.8 Å². The highest BCUT2D eigenvalue weighted by molar-refractivity contribution is 6.18. The minimum Gasteiger partial charge on any atom is -0.127 e. The van der Waals surface area contributed by atoms with Crippen LogP contribution < -0.4 is 0 Å². The summed E-state index contributed by atoms with van der Waals surface area (Å²) in [6.45, 7) is 4.55. The Morgan fingerprint density at radius 1 is 0.286 bits per heavy atom. The summed E-state index contributed by atoms with van der Waals surface area (Å²) in [6.07, 6.45) is 30.8. The Labute approximate surface area is 189 Å². The molecule has 0 aliphatic rings. The Kier molecular flexibility index (Phi) is 35.4. The molecule has 0 aromatic heterocycles. The van der Waals surface area contributed by atoms with Crippen molar-refractivity contribution in [3.63, 3.8) is 0 Å². The molecule has 0 N–H and O–H groups in total. The lowest BCUT2D eigenvalue weighted by Crippen LogP contribution is -1.82. The van der Waals surface area contributed by atoms with Crippen LogP contribution in [0.5, 0.6) is 0 Å². The van der Waals surface area contributed by atoms with Gasteiger partial charge in [0.15, 0.2) is 0 Å². The summed E-state index contributed by atoms with van der Waals surface area (Å²) in [5.74, 6) is 1.69. The summed E-state index contributed by atoms with van der Waals surface area (Å²) in [6, 6.07) is 0. The van der Waals surface area contributed by atoms with Crippen LogP contribution in [0.4, 0.5) is 0 Å². The molecule has 0 fully saturated rings. The molecular weight excluding hydrogens is 383 g/mol. The highest BCUT2D eigenvalue weighted by Gasteiger charge is 1.93. The minimum absolute atomic E-state index is 0.844. The number of hydrogen-bond donors (Lipinski definition) is 0. The molecule has 0 unspecified atom stereocenters. The van der Waals surface area contributed by atoms with Crippen LogP contribution in [0.2, 0.25) is 0 Å². The molecule has 2 heteroatoms. The van der Waals surface area contributed by atoms with Gasteiger partial charge >= 0.3 is 0 Å². The molecule has 0 spiro atoms. The van der Waals surface area contributed by atoms with E-state index in [-0.39, 0.29) is 0 Å². The van der Waals surface area contributed by atoms with E-state index in [0.29, 0.717) is 0 Å². The van der Waals surface area contributed by atoms with Gasteiger partial charge in [0.1, 0.15) is 0 Å². The van der Waals surface area contributed by atoms with Crippen LogP contribution >= 0.6 is 23.2 Å². The summed E-state index contributed by atoms with van der Waals surface area (Å²) in [7, 11) is 0. The van der Waals surface area contributed by atoms with Crippen molar-refractivity contribution in [1.29, 1.82) is 0 Å². The molecule has 0 aliphatic heterocycles. The van der Waals surface area contributed by atoms with Crippen molar-refractivity contribution in [2.24, 2.45) is 0 Å². The third-order valence-corrected chi connectivity index (χ3v) is 6.01. The predicted molar refractivity (Wildman–Crippen MR) is 134 cm³/mol. The second-order valence-corrected chi connectivity index (χ2v) is 9.20. The Morgan fingerprint density at radius 3 is 0.643 bits per heavy atom. The number of halogens is 2. The molecule has 0 nitrogen and oxygen atoms in total. The van der Waals surface area contributed by atoms with Crippen LogP contribution in [0.15, 0.2) is 0 Å². The van der Waals surface area contributed by atoms with Gasteiger partial charge in [0.2, 0.25) is 0 Å². The SMILES string of the molecule is CCCCCCCCCCCCCCCl.CCCCCCCCCCCCCl. The zero-order valence-electron chi connectivity index (χ0n) is 19.7. The molecule has 28 heavy (non-hydrogen) atoms. The Hall–Kier alpha value is 0.580. The Bertz CT molecular complexity index is 208. The van der Waals surface area contributed by atoms with Crippen LogP contribution in [-0.2, 0) is 0 Å². The fraction of sp³-hybridized carbons (Fsp3) is 1.00. The quantitative estimate of drug-likeness (QED) is 0.117. The van der Waals surface area contributed by atoms with E-state index in [1.807, 2.05) is 0 Å². The summed E-state index contributed by atoms with van der Waals surface area (Å²) in [5.41, 5.74) is 0. The summed E-state index contributed by atoms with van der Waals surface area (Å²) in [5, 5.41) is 0. The molecule has 0 rings (SSSR count). The van der Waals surface area contributed by atoms with Gasteiger partial charge in [-0.3, -0.25) is 0 Å². The lowest BCUT2D eigenvalue weighted by atomic mass is 10.1. The normalized spacial score (nSPS) is 10.7. The summed E-state index contributed by atoms with van der Waals surface area (Å²) in [4.78, 5) is 0. The zero-order chi connectivity index (χ0) is 21.0. The van der Waals surface area contributed by atoms with Gasteiger partial charge in [-0.05, 0) is 12.8 Å². The standard InChI is InChI=1S/C14H29Cl.C12H25Cl/c1-2-3-4-5-6-7-8-9-10-11-12-13-14-15;1-2-3-4-5-6-7-8-9-10-11-12-13/h2-14H2,1H3;2-12H2,1H3. The van der Waals surface area contributed by atoms with Gasteiger partial charge in [-0.15, -0.1) is 23.2 Å². The van der Waals surface area contributed by atoms with E-state index in [4.69, 9.17) is 23.2 Å². The van der Waals surface area contributed by atoms with E-state index >= 15 is 0 Å². The summed E-state index contributed by atoms with van der Waals surface area (Å²) < 4.78 is 0. The molecule has 0 amide bonds. The molecule has 0 bridgehead atoms. The maximum atomic E-state index is 5.62. The van der Waals surface area contributed by atoms with Gasteiger partial charge in [0, 0.05) is 11.8 Å². The first-order chi connectivity index (χ1) is 13.8. The first-order valence-electron chi connectivity index (χ1n) is 12.9. The minimum atomic E-state index is 0.844. The van der Waals surface area contributed by atoms with E-state index in [1.54, 1.807) is 0 Å². The van der Waals surface area contributed by atoms with Crippen molar-refractivity contribution in [1.82, 2.24) is 0 Å². The average Bonchev–Trinajstić information content (AvgIpc) is 2.71. The first kappa shape index (κ1) is 30.8. The van der Waals surface area contributed by atoms with Gasteiger partial charge in [0.05, 0.1) is 0 Å². The molecule has 0 atom stereocenters. The van der Waals surface area contributed by atoms with Gasteiger partial charge in [-0.2, -0.15) is 0 Å². The number of unbranched alkanes of at least 4 members (excludes halogenated alkanes) is 20. The van der Waals surface area contributed by atoms with Crippen LogP contribution in [0, 0.1) is 0 Å². The molecule has 0 heterocycles. The molecule has 0 radical (unpaired) electrons. The van der Waals surface area contributed by atoms with E-state index in [0.717, 1.165) is 11.8 Å². The van der Waals surface area contributed by atoms with E-state index < -0.39 is 0 Å². The van der Waals surface area contributed by atoms with Gasteiger partial charge in [0.25, 0.3) is 0 Å². The predicted octanol–water partition coefficient (Wildman–Crippen LogP) is 11.1. The highest BCUT2D eigenvalue weighted by atomic mass is 35.5. The average molecular weight is 438 g/mol. The van der Waals surface area contributed by atoms with Crippen LogP contribution in [0.1, 0.15) is 155 Å². The van der Waals surface area contributed by atoms with Crippen molar-refractivity contribution in [3.8, 4) is 0 Å². The Balaban J connectivity index is 0. The third-order valence-electron chi connectivity index (χ3n) is 5.47. The maximum Gasteiger partial charge on any atom is 0.0223 e. The van der Waals surface area contributed by atoms with E-state index in [9.17, 15) is 0 Å². The van der Waals surface area contributed by atoms with E-state index in [2.05, 4.69) is 13.8 Å². The van der Waals surface area contributed by atoms with E-state index in [1.165, 1.54) is 141 Å². The fourth-order valence-electron chi connectivity index (χ4n) is 3.52. The maximum absolute atomic E-state index is 5.62. The zero-order valence-corrected chi connectivity index (χ0v) is 21.2. The molecule has 0 aromatic carbocycles.